The van der Waals surface area contributed by atoms with Gasteiger partial charge in [0.2, 0.25) is 0 Å². The number of aromatic hydroxyl groups is 1. The van der Waals surface area contributed by atoms with Gasteiger partial charge in [-0.2, -0.15) is 0 Å². The van der Waals surface area contributed by atoms with E-state index in [1.165, 1.54) is 41.6 Å². The fourth-order valence-corrected chi connectivity index (χ4v) is 6.90. The molecule has 0 amide bonds. The van der Waals surface area contributed by atoms with Crippen LogP contribution in [0.25, 0.3) is 16.7 Å². The number of phenolic OH excluding ortho intramolecular Hbond substituents is 1. The Morgan fingerprint density at radius 1 is 0.702 bits per heavy atom. The van der Waals surface area contributed by atoms with Gasteiger partial charge in [-0.15, -0.1) is 15.0 Å². The number of unbranched alkanes of at least 4 members (excludes halogenated alkanes) is 5. The lowest BCUT2D eigenvalue weighted by Crippen LogP contribution is -2.48. The average Bonchev–Trinajstić information content (AvgIpc) is 3.50. The van der Waals surface area contributed by atoms with E-state index < -0.39 is 10.8 Å². The molecule has 0 aliphatic rings. The van der Waals surface area contributed by atoms with Gasteiger partial charge in [0.1, 0.15) is 22.5 Å². The van der Waals surface area contributed by atoms with Crippen molar-refractivity contribution in [1.82, 2.24) is 15.0 Å². The van der Waals surface area contributed by atoms with Crippen LogP contribution in [0.2, 0.25) is 0 Å². The van der Waals surface area contributed by atoms with Crippen molar-refractivity contribution in [3.8, 4) is 11.4 Å². The van der Waals surface area contributed by atoms with E-state index in [9.17, 15) is 10.2 Å². The minimum absolute atomic E-state index is 0.00390. The van der Waals surface area contributed by atoms with Crippen LogP contribution in [0.15, 0.2) is 97.1 Å². The minimum atomic E-state index is -0.479. The van der Waals surface area contributed by atoms with Gasteiger partial charge >= 0.3 is 0 Å². The molecule has 248 valence electrons. The summed E-state index contributed by atoms with van der Waals surface area (Å²) in [5, 5.41) is 31.1. The molecule has 1 heterocycles. The second kappa shape index (κ2) is 15.3. The highest BCUT2D eigenvalue weighted by molar-refractivity contribution is 5.75. The molecule has 0 fully saturated rings. The highest BCUT2D eigenvalue weighted by Gasteiger charge is 2.43. The van der Waals surface area contributed by atoms with Crippen LogP contribution in [0.3, 0.4) is 0 Å². The predicted octanol–water partition coefficient (Wildman–Crippen LogP) is 9.35. The number of aliphatic hydroxyl groups excluding tert-OH is 1. The van der Waals surface area contributed by atoms with Gasteiger partial charge in [-0.3, -0.25) is 0 Å². The van der Waals surface area contributed by atoms with E-state index in [4.69, 9.17) is 14.9 Å². The highest BCUT2D eigenvalue weighted by atomic mass is 16.5. The van der Waals surface area contributed by atoms with Gasteiger partial charge in [0.15, 0.2) is 0 Å². The molecule has 6 heteroatoms. The first-order chi connectivity index (χ1) is 22.7. The SMILES string of the molecule is CCCCCCCCOC(C(C)(C)CO)C(C)(C)c1ccc(O)c(-n2nc3ccc(C(c4ccccc4)c4ccccc4)cc3n2)c1. The first-order valence-corrected chi connectivity index (χ1v) is 17.2. The quantitative estimate of drug-likeness (QED) is 0.0836. The van der Waals surface area contributed by atoms with Gasteiger partial charge in [0.25, 0.3) is 0 Å². The number of rotatable bonds is 16. The fraction of sp³-hybridized carbons (Fsp3) is 0.415. The Hall–Kier alpha value is -4.00. The second-order valence-electron chi connectivity index (χ2n) is 14.1. The maximum atomic E-state index is 11.1. The average molecular weight is 634 g/mol. The van der Waals surface area contributed by atoms with E-state index in [1.807, 2.05) is 30.3 Å². The van der Waals surface area contributed by atoms with E-state index in [2.05, 4.69) is 95.3 Å². The van der Waals surface area contributed by atoms with Gasteiger partial charge < -0.3 is 14.9 Å². The zero-order chi connectivity index (χ0) is 33.4. The van der Waals surface area contributed by atoms with Crippen LogP contribution < -0.4 is 0 Å². The third-order valence-corrected chi connectivity index (χ3v) is 9.49. The summed E-state index contributed by atoms with van der Waals surface area (Å²) in [6.07, 6.45) is 6.90. The number of aromatic nitrogens is 3. The molecular formula is C41H51N3O3. The number of aliphatic hydroxyl groups is 1. The van der Waals surface area contributed by atoms with E-state index in [0.717, 1.165) is 35.0 Å². The Morgan fingerprint density at radius 3 is 1.96 bits per heavy atom. The lowest BCUT2D eigenvalue weighted by molar-refractivity contribution is -0.0863. The summed E-state index contributed by atoms with van der Waals surface area (Å²) in [7, 11) is 0. The van der Waals surface area contributed by atoms with Crippen LogP contribution >= 0.6 is 0 Å². The Balaban J connectivity index is 1.45. The van der Waals surface area contributed by atoms with Crippen molar-refractivity contribution in [2.75, 3.05) is 13.2 Å². The van der Waals surface area contributed by atoms with Gasteiger partial charge in [-0.05, 0) is 52.9 Å². The lowest BCUT2D eigenvalue weighted by Gasteiger charge is -2.44. The van der Waals surface area contributed by atoms with E-state index in [1.54, 1.807) is 6.07 Å². The van der Waals surface area contributed by atoms with Crippen LogP contribution in [0.5, 0.6) is 5.75 Å². The maximum absolute atomic E-state index is 11.1. The minimum Gasteiger partial charge on any atom is -0.506 e. The third kappa shape index (κ3) is 7.94. The summed E-state index contributed by atoms with van der Waals surface area (Å²) in [6, 6.07) is 32.8. The normalized spacial score (nSPS) is 13.0. The molecular weight excluding hydrogens is 582 g/mol. The molecule has 0 aliphatic carbocycles. The Morgan fingerprint density at radius 2 is 1.32 bits per heavy atom. The van der Waals surface area contributed by atoms with Gasteiger partial charge in [0, 0.05) is 23.4 Å². The first kappa shape index (κ1) is 34.3. The number of ether oxygens (including phenoxy) is 1. The van der Waals surface area contributed by atoms with Gasteiger partial charge in [-0.25, -0.2) is 0 Å². The zero-order valence-electron chi connectivity index (χ0n) is 28.7. The Bertz CT molecular complexity index is 1670. The van der Waals surface area contributed by atoms with Crippen LogP contribution in [-0.2, 0) is 10.2 Å². The molecule has 1 aromatic heterocycles. The molecule has 1 unspecified atom stereocenters. The number of hydrogen-bond donors (Lipinski definition) is 2. The molecule has 5 rings (SSSR count). The number of hydrogen-bond acceptors (Lipinski definition) is 5. The number of benzene rings is 4. The van der Waals surface area contributed by atoms with Crippen molar-refractivity contribution in [2.45, 2.75) is 90.6 Å². The molecule has 0 spiro atoms. The summed E-state index contributed by atoms with van der Waals surface area (Å²) in [6.45, 7) is 11.3. The summed E-state index contributed by atoms with van der Waals surface area (Å²) < 4.78 is 6.60. The molecule has 5 aromatic rings. The van der Waals surface area contributed by atoms with Crippen molar-refractivity contribution < 1.29 is 14.9 Å². The Kier molecular flexibility index (Phi) is 11.2. The molecule has 0 aliphatic heterocycles. The molecule has 0 saturated carbocycles. The second-order valence-corrected chi connectivity index (χ2v) is 14.1. The van der Waals surface area contributed by atoms with Gasteiger partial charge in [0.05, 0.1) is 12.7 Å². The fourth-order valence-electron chi connectivity index (χ4n) is 6.90. The summed E-state index contributed by atoms with van der Waals surface area (Å²) in [4.78, 5) is 1.53. The van der Waals surface area contributed by atoms with Crippen molar-refractivity contribution in [1.29, 1.82) is 0 Å². The standard InChI is InChI=1S/C41H51N3O3/c1-6-7-8-9-10-17-26-47-39(40(2,3)29-45)41(4,5)33-23-25-37(46)36(28-33)44-42-34-24-22-32(27-35(34)43-44)38(30-18-13-11-14-19-30)31-20-15-12-16-21-31/h11-16,18-25,27-28,38-39,45-46H,6-10,17,26,29H2,1-5H3. The smallest absolute Gasteiger partial charge is 0.143 e. The number of nitrogens with zero attached hydrogens (tertiary/aromatic N) is 3. The lowest BCUT2D eigenvalue weighted by atomic mass is 9.68. The summed E-state index contributed by atoms with van der Waals surface area (Å²) in [5.74, 6) is 0.148. The van der Waals surface area contributed by atoms with Crippen molar-refractivity contribution in [2.24, 2.45) is 5.41 Å². The molecule has 4 aromatic carbocycles. The van der Waals surface area contributed by atoms with Crippen molar-refractivity contribution in [3.63, 3.8) is 0 Å². The molecule has 47 heavy (non-hydrogen) atoms. The predicted molar refractivity (Wildman–Crippen MR) is 191 cm³/mol. The van der Waals surface area contributed by atoms with E-state index in [-0.39, 0.29) is 24.4 Å². The molecule has 0 saturated heterocycles. The number of phenols is 1. The van der Waals surface area contributed by atoms with Crippen LogP contribution in [-0.4, -0.2) is 44.5 Å². The summed E-state index contributed by atoms with van der Waals surface area (Å²) in [5.41, 5.74) is 5.57. The topological polar surface area (TPSA) is 80.4 Å². The van der Waals surface area contributed by atoms with Crippen LogP contribution in [0.4, 0.5) is 0 Å². The van der Waals surface area contributed by atoms with Crippen LogP contribution in [0.1, 0.15) is 101 Å². The van der Waals surface area contributed by atoms with Crippen molar-refractivity contribution in [3.05, 3.63) is 119 Å². The third-order valence-electron chi connectivity index (χ3n) is 9.49. The van der Waals surface area contributed by atoms with Gasteiger partial charge in [-0.1, -0.05) is 140 Å². The van der Waals surface area contributed by atoms with E-state index in [0.29, 0.717) is 12.3 Å². The Labute approximate surface area is 280 Å². The molecule has 1 atom stereocenters. The molecule has 0 bridgehead atoms. The zero-order valence-corrected chi connectivity index (χ0v) is 28.7. The van der Waals surface area contributed by atoms with Crippen LogP contribution in [0, 0.1) is 5.41 Å². The maximum Gasteiger partial charge on any atom is 0.143 e. The largest absolute Gasteiger partial charge is 0.506 e. The van der Waals surface area contributed by atoms with Crippen molar-refractivity contribution >= 4 is 11.0 Å². The molecule has 0 radical (unpaired) electrons. The first-order valence-electron chi connectivity index (χ1n) is 17.2. The highest BCUT2D eigenvalue weighted by Crippen LogP contribution is 2.41. The van der Waals surface area contributed by atoms with E-state index >= 15 is 0 Å². The molecule has 2 N–H and O–H groups in total. The molecule has 6 nitrogen and oxygen atoms in total. The summed E-state index contributed by atoms with van der Waals surface area (Å²) >= 11 is 0. The number of fused-ring (bicyclic) bond motifs is 1. The monoisotopic (exact) mass is 633 g/mol.